The highest BCUT2D eigenvalue weighted by atomic mass is 32.2. The molecule has 1 aromatic rings. The molecule has 1 aliphatic heterocycles. The van der Waals surface area contributed by atoms with E-state index in [4.69, 9.17) is 9.84 Å². The van der Waals surface area contributed by atoms with Crippen molar-refractivity contribution in [3.8, 4) is 0 Å². The van der Waals surface area contributed by atoms with Gasteiger partial charge in [-0.2, -0.15) is 0 Å². The normalized spacial score (nSPS) is 19.8. The highest BCUT2D eigenvalue weighted by molar-refractivity contribution is 7.92. The Labute approximate surface area is 141 Å². The van der Waals surface area contributed by atoms with Crippen LogP contribution in [0.25, 0.3) is 6.08 Å². The first-order chi connectivity index (χ1) is 11.4. The summed E-state index contributed by atoms with van der Waals surface area (Å²) in [6, 6.07) is 9.15. The Morgan fingerprint density at radius 3 is 2.67 bits per heavy atom. The van der Waals surface area contributed by atoms with E-state index in [9.17, 15) is 18.0 Å². The van der Waals surface area contributed by atoms with Gasteiger partial charge in [-0.15, -0.1) is 0 Å². The molecule has 1 saturated heterocycles. The first-order valence-corrected chi connectivity index (χ1v) is 9.46. The van der Waals surface area contributed by atoms with Gasteiger partial charge < -0.3 is 9.84 Å². The molecule has 2 rings (SSSR count). The first-order valence-electron chi connectivity index (χ1n) is 7.74. The Bertz CT molecular complexity index is 708. The lowest BCUT2D eigenvalue weighted by Crippen LogP contribution is -2.40. The van der Waals surface area contributed by atoms with E-state index in [-0.39, 0.29) is 6.42 Å². The molecule has 0 spiro atoms. The van der Waals surface area contributed by atoms with E-state index in [1.807, 2.05) is 30.3 Å². The van der Waals surface area contributed by atoms with Crippen LogP contribution in [0.3, 0.4) is 0 Å². The zero-order valence-corrected chi connectivity index (χ0v) is 13.9. The Morgan fingerprint density at radius 2 is 2.04 bits per heavy atom. The van der Waals surface area contributed by atoms with E-state index in [0.29, 0.717) is 12.8 Å². The minimum absolute atomic E-state index is 0.279. The van der Waals surface area contributed by atoms with Crippen LogP contribution < -0.4 is 0 Å². The second kappa shape index (κ2) is 8.10. The predicted molar refractivity (Wildman–Crippen MR) is 89.0 cm³/mol. The number of aliphatic carboxylic acids is 1. The number of ether oxygens (including phenoxy) is 1. The standard InChI is InChI=1S/C17H20O6S/c18-16(19)11-12-24(21,22)15(14-7-4-8-17(20)23-14)10-9-13-5-2-1-3-6-13/h1-3,5-6,9-10,14-15H,4,7-8,11-12H2,(H,18,19). The molecule has 2 unspecified atom stereocenters. The number of hydrogen-bond donors (Lipinski definition) is 1. The zero-order chi connectivity index (χ0) is 17.6. The summed E-state index contributed by atoms with van der Waals surface area (Å²) in [5.41, 5.74) is 0.818. The number of benzene rings is 1. The van der Waals surface area contributed by atoms with Gasteiger partial charge >= 0.3 is 11.9 Å². The molecule has 1 N–H and O–H groups in total. The van der Waals surface area contributed by atoms with E-state index in [2.05, 4.69) is 0 Å². The molecule has 2 atom stereocenters. The van der Waals surface area contributed by atoms with Crippen LogP contribution in [0.15, 0.2) is 36.4 Å². The summed E-state index contributed by atoms with van der Waals surface area (Å²) in [6.07, 6.45) is 3.20. The number of hydrogen-bond acceptors (Lipinski definition) is 5. The second-order valence-electron chi connectivity index (χ2n) is 5.67. The number of carbonyl (C=O) groups excluding carboxylic acids is 1. The molecule has 0 aliphatic carbocycles. The Balaban J connectivity index is 2.25. The maximum atomic E-state index is 12.6. The van der Waals surface area contributed by atoms with Crippen LogP contribution in [-0.2, 0) is 24.2 Å². The number of rotatable bonds is 7. The van der Waals surface area contributed by atoms with Gasteiger partial charge in [-0.3, -0.25) is 9.59 Å². The SMILES string of the molecule is O=C(O)CCS(=O)(=O)C(C=Cc1ccccc1)C1CCCC(=O)O1. The van der Waals surface area contributed by atoms with Crippen molar-refractivity contribution in [1.82, 2.24) is 0 Å². The van der Waals surface area contributed by atoms with Gasteiger partial charge in [0.1, 0.15) is 11.4 Å². The molecule has 6 nitrogen and oxygen atoms in total. The summed E-state index contributed by atoms with van der Waals surface area (Å²) in [4.78, 5) is 22.2. The Hall–Kier alpha value is -2.15. The van der Waals surface area contributed by atoms with E-state index in [1.165, 1.54) is 6.08 Å². The largest absolute Gasteiger partial charge is 0.481 e. The molecule has 7 heteroatoms. The third-order valence-corrected chi connectivity index (χ3v) is 5.88. The van der Waals surface area contributed by atoms with Crippen molar-refractivity contribution >= 4 is 27.9 Å². The van der Waals surface area contributed by atoms with Gasteiger partial charge in [0.2, 0.25) is 0 Å². The maximum absolute atomic E-state index is 12.6. The molecule has 130 valence electrons. The molecular formula is C17H20O6S. The predicted octanol–water partition coefficient (Wildman–Crippen LogP) is 2.05. The fourth-order valence-electron chi connectivity index (χ4n) is 2.58. The molecule has 0 saturated carbocycles. The van der Waals surface area contributed by atoms with Crippen molar-refractivity contribution in [2.45, 2.75) is 37.0 Å². The molecule has 1 aromatic carbocycles. The van der Waals surface area contributed by atoms with Crippen molar-refractivity contribution in [3.63, 3.8) is 0 Å². The number of carbonyl (C=O) groups is 2. The number of carboxylic acids is 1. The summed E-state index contributed by atoms with van der Waals surface area (Å²) < 4.78 is 30.3. The second-order valence-corrected chi connectivity index (χ2v) is 7.94. The van der Waals surface area contributed by atoms with Crippen molar-refractivity contribution in [2.75, 3.05) is 5.75 Å². The average Bonchev–Trinajstić information content (AvgIpc) is 2.54. The number of esters is 1. The van der Waals surface area contributed by atoms with E-state index in [1.54, 1.807) is 6.08 Å². The quantitative estimate of drug-likeness (QED) is 0.754. The highest BCUT2D eigenvalue weighted by Gasteiger charge is 2.36. The van der Waals surface area contributed by atoms with Crippen molar-refractivity contribution < 1.29 is 27.9 Å². The van der Waals surface area contributed by atoms with Crippen LogP contribution >= 0.6 is 0 Å². The molecule has 1 heterocycles. The molecule has 24 heavy (non-hydrogen) atoms. The maximum Gasteiger partial charge on any atom is 0.306 e. The lowest BCUT2D eigenvalue weighted by molar-refractivity contribution is -0.153. The van der Waals surface area contributed by atoms with Gasteiger partial charge in [0.25, 0.3) is 0 Å². The third-order valence-electron chi connectivity index (χ3n) is 3.81. The van der Waals surface area contributed by atoms with Crippen LogP contribution in [0.4, 0.5) is 0 Å². The third kappa shape index (κ3) is 5.19. The number of carboxylic acid groups (broad SMARTS) is 1. The molecule has 1 aliphatic rings. The fraction of sp³-hybridized carbons (Fsp3) is 0.412. The molecule has 0 bridgehead atoms. The molecular weight excluding hydrogens is 332 g/mol. The number of cyclic esters (lactones) is 1. The Morgan fingerprint density at radius 1 is 1.33 bits per heavy atom. The summed E-state index contributed by atoms with van der Waals surface area (Å²) in [7, 11) is -3.76. The monoisotopic (exact) mass is 352 g/mol. The van der Waals surface area contributed by atoms with E-state index in [0.717, 1.165) is 5.56 Å². The zero-order valence-electron chi connectivity index (χ0n) is 13.1. The van der Waals surface area contributed by atoms with Gasteiger partial charge in [0, 0.05) is 6.42 Å². The minimum atomic E-state index is -3.76. The highest BCUT2D eigenvalue weighted by Crippen LogP contribution is 2.24. The Kier molecular flexibility index (Phi) is 6.14. The molecule has 0 aromatic heterocycles. The fourth-order valence-corrected chi connectivity index (χ4v) is 4.28. The van der Waals surface area contributed by atoms with Crippen molar-refractivity contribution in [2.24, 2.45) is 0 Å². The van der Waals surface area contributed by atoms with Gasteiger partial charge in [-0.05, 0) is 18.4 Å². The van der Waals surface area contributed by atoms with Crippen LogP contribution in [-0.4, -0.2) is 42.6 Å². The average molecular weight is 352 g/mol. The first kappa shape index (κ1) is 18.2. The topological polar surface area (TPSA) is 97.7 Å². The molecule has 0 amide bonds. The molecule has 1 fully saturated rings. The van der Waals surface area contributed by atoms with Crippen molar-refractivity contribution in [1.29, 1.82) is 0 Å². The van der Waals surface area contributed by atoms with E-state index >= 15 is 0 Å². The van der Waals surface area contributed by atoms with Gasteiger partial charge in [0.05, 0.1) is 12.2 Å². The van der Waals surface area contributed by atoms with Crippen LogP contribution in [0.2, 0.25) is 0 Å². The van der Waals surface area contributed by atoms with Crippen LogP contribution in [0.1, 0.15) is 31.2 Å². The van der Waals surface area contributed by atoms with Gasteiger partial charge in [-0.25, -0.2) is 8.42 Å². The summed E-state index contributed by atoms with van der Waals surface area (Å²) in [6.45, 7) is 0. The van der Waals surface area contributed by atoms with E-state index < -0.39 is 45.3 Å². The summed E-state index contributed by atoms with van der Waals surface area (Å²) in [5, 5.41) is 7.71. The van der Waals surface area contributed by atoms with Crippen LogP contribution in [0.5, 0.6) is 0 Å². The molecule has 0 radical (unpaired) electrons. The lowest BCUT2D eigenvalue weighted by Gasteiger charge is -2.28. The van der Waals surface area contributed by atoms with Gasteiger partial charge in [-0.1, -0.05) is 42.5 Å². The number of sulfone groups is 1. The smallest absolute Gasteiger partial charge is 0.306 e. The van der Waals surface area contributed by atoms with Crippen LogP contribution in [0, 0.1) is 0 Å². The summed E-state index contributed by atoms with van der Waals surface area (Å²) >= 11 is 0. The van der Waals surface area contributed by atoms with Gasteiger partial charge in [0.15, 0.2) is 9.84 Å². The summed E-state index contributed by atoms with van der Waals surface area (Å²) in [5.74, 6) is -2.08. The lowest BCUT2D eigenvalue weighted by atomic mass is 10.0. The van der Waals surface area contributed by atoms with Crippen molar-refractivity contribution in [3.05, 3.63) is 42.0 Å². The minimum Gasteiger partial charge on any atom is -0.481 e.